The van der Waals surface area contributed by atoms with Crippen LogP contribution >= 0.6 is 0 Å². The third-order valence-corrected chi connectivity index (χ3v) is 4.22. The topological polar surface area (TPSA) is 64.4 Å². The molecule has 0 bridgehead atoms. The SMILES string of the molecule is COc1ccc2c(c1)-c1onc(C(=O)NCCC(C)C)c1CC2. The highest BCUT2D eigenvalue weighted by molar-refractivity contribution is 5.95. The maximum atomic E-state index is 12.3. The molecule has 1 aliphatic rings. The monoisotopic (exact) mass is 314 g/mol. The van der Waals surface area contributed by atoms with Gasteiger partial charge in [0.25, 0.3) is 5.91 Å². The molecule has 5 nitrogen and oxygen atoms in total. The van der Waals surface area contributed by atoms with Gasteiger partial charge < -0.3 is 14.6 Å². The second-order valence-electron chi connectivity index (χ2n) is 6.30. The van der Waals surface area contributed by atoms with Crippen molar-refractivity contribution in [2.75, 3.05) is 13.7 Å². The molecule has 0 unspecified atom stereocenters. The quantitative estimate of drug-likeness (QED) is 0.920. The Morgan fingerprint density at radius 2 is 2.22 bits per heavy atom. The minimum Gasteiger partial charge on any atom is -0.497 e. The Kier molecular flexibility index (Phi) is 4.37. The number of benzene rings is 1. The van der Waals surface area contributed by atoms with Crippen LogP contribution in [0.15, 0.2) is 22.7 Å². The molecule has 1 aromatic heterocycles. The van der Waals surface area contributed by atoms with Crippen molar-refractivity contribution < 1.29 is 14.1 Å². The van der Waals surface area contributed by atoms with Crippen LogP contribution in [0.3, 0.4) is 0 Å². The molecule has 2 aromatic rings. The summed E-state index contributed by atoms with van der Waals surface area (Å²) in [6.45, 7) is 4.92. The predicted octanol–water partition coefficient (Wildman–Crippen LogP) is 3.22. The van der Waals surface area contributed by atoms with Crippen LogP contribution in [0, 0.1) is 5.92 Å². The molecule has 1 N–H and O–H groups in total. The molecular formula is C18H22N2O3. The van der Waals surface area contributed by atoms with E-state index in [9.17, 15) is 4.79 Å². The lowest BCUT2D eigenvalue weighted by Crippen LogP contribution is -2.26. The van der Waals surface area contributed by atoms with Gasteiger partial charge in [0.1, 0.15) is 5.75 Å². The summed E-state index contributed by atoms with van der Waals surface area (Å²) in [6, 6.07) is 5.93. The number of hydrogen-bond donors (Lipinski definition) is 1. The van der Waals surface area contributed by atoms with Crippen LogP contribution in [0.25, 0.3) is 11.3 Å². The van der Waals surface area contributed by atoms with Gasteiger partial charge in [0.2, 0.25) is 0 Å². The first-order valence-corrected chi connectivity index (χ1v) is 8.04. The predicted molar refractivity (Wildman–Crippen MR) is 87.7 cm³/mol. The Balaban J connectivity index is 1.85. The van der Waals surface area contributed by atoms with Gasteiger partial charge >= 0.3 is 0 Å². The van der Waals surface area contributed by atoms with Gasteiger partial charge in [-0.1, -0.05) is 25.1 Å². The summed E-state index contributed by atoms with van der Waals surface area (Å²) in [5.74, 6) is 1.87. The van der Waals surface area contributed by atoms with Gasteiger partial charge in [0.05, 0.1) is 7.11 Å². The van der Waals surface area contributed by atoms with Gasteiger partial charge in [-0.15, -0.1) is 0 Å². The normalized spacial score (nSPS) is 12.7. The molecule has 1 amide bonds. The van der Waals surface area contributed by atoms with Gasteiger partial charge in [0, 0.05) is 17.7 Å². The average Bonchev–Trinajstić information content (AvgIpc) is 2.98. The molecule has 0 saturated carbocycles. The second-order valence-corrected chi connectivity index (χ2v) is 6.30. The fraction of sp³-hybridized carbons (Fsp3) is 0.444. The number of aromatic nitrogens is 1. The van der Waals surface area contributed by atoms with Crippen LogP contribution in [-0.2, 0) is 12.8 Å². The van der Waals surface area contributed by atoms with E-state index >= 15 is 0 Å². The number of nitrogens with zero attached hydrogens (tertiary/aromatic N) is 1. The average molecular weight is 314 g/mol. The lowest BCUT2D eigenvalue weighted by atomic mass is 9.89. The Morgan fingerprint density at radius 1 is 1.39 bits per heavy atom. The molecule has 1 aromatic carbocycles. The fourth-order valence-electron chi connectivity index (χ4n) is 2.86. The van der Waals surface area contributed by atoms with Gasteiger partial charge in [-0.2, -0.15) is 0 Å². The van der Waals surface area contributed by atoms with Gasteiger partial charge in [-0.25, -0.2) is 0 Å². The number of methoxy groups -OCH3 is 1. The Labute approximate surface area is 136 Å². The summed E-state index contributed by atoms with van der Waals surface area (Å²) in [5.41, 5.74) is 3.48. The highest BCUT2D eigenvalue weighted by Crippen LogP contribution is 2.37. The van der Waals surface area contributed by atoms with E-state index in [1.54, 1.807) is 7.11 Å². The molecule has 3 rings (SSSR count). The Bertz CT molecular complexity index is 719. The first kappa shape index (κ1) is 15.6. The fourth-order valence-corrected chi connectivity index (χ4v) is 2.86. The van der Waals surface area contributed by atoms with Gasteiger partial charge in [-0.05, 0) is 42.9 Å². The number of carbonyl (C=O) groups excluding carboxylic acids is 1. The van der Waals surface area contributed by atoms with E-state index in [0.717, 1.165) is 36.1 Å². The van der Waals surface area contributed by atoms with Gasteiger partial charge in [-0.3, -0.25) is 4.79 Å². The first-order chi connectivity index (χ1) is 11.1. The summed E-state index contributed by atoms with van der Waals surface area (Å²) in [5, 5.41) is 6.95. The second kappa shape index (κ2) is 6.44. The van der Waals surface area contributed by atoms with Crippen molar-refractivity contribution >= 4 is 5.91 Å². The number of nitrogens with one attached hydrogen (secondary N) is 1. The molecule has 122 valence electrons. The number of amides is 1. The largest absolute Gasteiger partial charge is 0.497 e. The third kappa shape index (κ3) is 3.09. The molecule has 0 radical (unpaired) electrons. The highest BCUT2D eigenvalue weighted by Gasteiger charge is 2.27. The van der Waals surface area contributed by atoms with Crippen LogP contribution in [-0.4, -0.2) is 24.7 Å². The maximum Gasteiger partial charge on any atom is 0.273 e. The molecular weight excluding hydrogens is 292 g/mol. The molecule has 23 heavy (non-hydrogen) atoms. The van der Waals surface area contributed by atoms with Crippen LogP contribution in [0.4, 0.5) is 0 Å². The van der Waals surface area contributed by atoms with Crippen LogP contribution in [0.2, 0.25) is 0 Å². The van der Waals surface area contributed by atoms with Crippen molar-refractivity contribution in [2.45, 2.75) is 33.1 Å². The molecule has 0 saturated heterocycles. The first-order valence-electron chi connectivity index (χ1n) is 8.04. The van der Waals surface area contributed by atoms with Crippen molar-refractivity contribution in [2.24, 2.45) is 5.92 Å². The van der Waals surface area contributed by atoms with Crippen molar-refractivity contribution in [3.63, 3.8) is 0 Å². The number of rotatable bonds is 5. The zero-order valence-corrected chi connectivity index (χ0v) is 13.8. The number of hydrogen-bond acceptors (Lipinski definition) is 4. The van der Waals surface area contributed by atoms with E-state index < -0.39 is 0 Å². The number of ether oxygens (including phenoxy) is 1. The molecule has 1 aliphatic carbocycles. The maximum absolute atomic E-state index is 12.3. The molecule has 0 spiro atoms. The van der Waals surface area contributed by atoms with E-state index in [1.807, 2.05) is 18.2 Å². The minimum atomic E-state index is -0.151. The molecule has 0 aliphatic heterocycles. The number of fused-ring (bicyclic) bond motifs is 3. The van der Waals surface area contributed by atoms with Crippen molar-refractivity contribution in [1.29, 1.82) is 0 Å². The smallest absolute Gasteiger partial charge is 0.273 e. The van der Waals surface area contributed by atoms with E-state index in [1.165, 1.54) is 5.56 Å². The van der Waals surface area contributed by atoms with Crippen molar-refractivity contribution in [3.05, 3.63) is 35.0 Å². The Morgan fingerprint density at radius 3 is 2.96 bits per heavy atom. The van der Waals surface area contributed by atoms with Crippen LogP contribution < -0.4 is 10.1 Å². The third-order valence-electron chi connectivity index (χ3n) is 4.22. The van der Waals surface area contributed by atoms with Crippen LogP contribution in [0.5, 0.6) is 5.75 Å². The zero-order valence-electron chi connectivity index (χ0n) is 13.8. The number of carbonyl (C=O) groups is 1. The minimum absolute atomic E-state index is 0.151. The zero-order chi connectivity index (χ0) is 16.4. The summed E-state index contributed by atoms with van der Waals surface area (Å²) in [6.07, 6.45) is 2.59. The summed E-state index contributed by atoms with van der Waals surface area (Å²) >= 11 is 0. The number of aryl methyl sites for hydroxylation is 1. The van der Waals surface area contributed by atoms with E-state index in [4.69, 9.17) is 9.26 Å². The van der Waals surface area contributed by atoms with E-state index in [2.05, 4.69) is 24.3 Å². The summed E-state index contributed by atoms with van der Waals surface area (Å²) in [7, 11) is 1.64. The lowest BCUT2D eigenvalue weighted by Gasteiger charge is -2.15. The highest BCUT2D eigenvalue weighted by atomic mass is 16.5. The van der Waals surface area contributed by atoms with Crippen LogP contribution in [0.1, 0.15) is 41.9 Å². The molecule has 1 heterocycles. The van der Waals surface area contributed by atoms with Crippen molar-refractivity contribution in [3.8, 4) is 17.1 Å². The summed E-state index contributed by atoms with van der Waals surface area (Å²) in [4.78, 5) is 12.3. The Hall–Kier alpha value is -2.30. The molecule has 5 heteroatoms. The standard InChI is InChI=1S/C18H22N2O3/c1-11(2)8-9-19-18(21)16-14-7-5-12-4-6-13(22-3)10-15(12)17(14)23-20-16/h4,6,10-11H,5,7-9H2,1-3H3,(H,19,21). The van der Waals surface area contributed by atoms with Crippen molar-refractivity contribution in [1.82, 2.24) is 10.5 Å². The lowest BCUT2D eigenvalue weighted by molar-refractivity contribution is 0.0942. The van der Waals surface area contributed by atoms with E-state index in [-0.39, 0.29) is 5.91 Å². The van der Waals surface area contributed by atoms with E-state index in [0.29, 0.717) is 23.9 Å². The van der Waals surface area contributed by atoms with Gasteiger partial charge in [0.15, 0.2) is 11.5 Å². The molecule has 0 atom stereocenters. The summed E-state index contributed by atoms with van der Waals surface area (Å²) < 4.78 is 10.8. The molecule has 0 fully saturated rings.